The summed E-state index contributed by atoms with van der Waals surface area (Å²) in [5.41, 5.74) is 1.62. The van der Waals surface area contributed by atoms with Gasteiger partial charge in [-0.15, -0.1) is 0 Å². The highest BCUT2D eigenvalue weighted by molar-refractivity contribution is 7.92. The molecule has 1 aliphatic rings. The average molecular weight is 324 g/mol. The molecule has 0 spiro atoms. The molecule has 0 radical (unpaired) electrons. The summed E-state index contributed by atoms with van der Waals surface area (Å²) in [6.07, 6.45) is 1.54. The van der Waals surface area contributed by atoms with Crippen molar-refractivity contribution in [2.75, 3.05) is 16.6 Å². The molecule has 1 amide bonds. The summed E-state index contributed by atoms with van der Waals surface area (Å²) in [6, 6.07) is 5.22. The minimum atomic E-state index is -3.28. The van der Waals surface area contributed by atoms with Crippen molar-refractivity contribution in [2.45, 2.75) is 46.1 Å². The van der Waals surface area contributed by atoms with E-state index in [0.29, 0.717) is 24.2 Å². The highest BCUT2D eigenvalue weighted by Gasteiger charge is 2.28. The Morgan fingerprint density at radius 2 is 1.91 bits per heavy atom. The first-order valence-corrected chi connectivity index (χ1v) is 9.15. The Morgan fingerprint density at radius 3 is 2.50 bits per heavy atom. The summed E-state index contributed by atoms with van der Waals surface area (Å²) in [6.45, 7) is 8.08. The fourth-order valence-electron chi connectivity index (χ4n) is 2.49. The van der Waals surface area contributed by atoms with E-state index in [1.54, 1.807) is 18.2 Å². The summed E-state index contributed by atoms with van der Waals surface area (Å²) in [5.74, 6) is -0.0200. The summed E-state index contributed by atoms with van der Waals surface area (Å²) in [4.78, 5) is 12.3. The molecule has 1 aromatic carbocycles. The molecule has 0 unspecified atom stereocenters. The first-order valence-electron chi connectivity index (χ1n) is 7.54. The lowest BCUT2D eigenvalue weighted by molar-refractivity contribution is 0.0919. The van der Waals surface area contributed by atoms with Gasteiger partial charge >= 0.3 is 0 Å². The second-order valence-corrected chi connectivity index (χ2v) is 8.81. The van der Waals surface area contributed by atoms with Gasteiger partial charge in [0.25, 0.3) is 5.91 Å². The number of rotatable bonds is 2. The van der Waals surface area contributed by atoms with E-state index in [9.17, 15) is 13.2 Å². The first-order chi connectivity index (χ1) is 10.1. The lowest BCUT2D eigenvalue weighted by Crippen LogP contribution is -2.41. The molecule has 1 aliphatic heterocycles. The van der Waals surface area contributed by atoms with Crippen LogP contribution in [0.1, 0.15) is 49.5 Å². The van der Waals surface area contributed by atoms with Crippen LogP contribution in [0.4, 0.5) is 5.69 Å². The monoisotopic (exact) mass is 324 g/mol. The number of aryl methyl sites for hydroxylation is 1. The standard InChI is InChI=1S/C16H24N2O3S/c1-12-7-8-13(15(19)17-16(2,3)4)11-14(12)18-9-5-6-10-22(18,20)21/h7-8,11H,5-6,9-10H2,1-4H3,(H,17,19). The van der Waals surface area contributed by atoms with Crippen LogP contribution >= 0.6 is 0 Å². The smallest absolute Gasteiger partial charge is 0.251 e. The van der Waals surface area contributed by atoms with Gasteiger partial charge in [0, 0.05) is 17.6 Å². The molecule has 1 saturated heterocycles. The van der Waals surface area contributed by atoms with E-state index < -0.39 is 10.0 Å². The van der Waals surface area contributed by atoms with Gasteiger partial charge in [-0.25, -0.2) is 8.42 Å². The quantitative estimate of drug-likeness (QED) is 0.908. The zero-order valence-electron chi connectivity index (χ0n) is 13.6. The zero-order valence-corrected chi connectivity index (χ0v) is 14.5. The second kappa shape index (κ2) is 5.91. The van der Waals surface area contributed by atoms with Crippen LogP contribution in [0.3, 0.4) is 0 Å². The Labute approximate surface area is 132 Å². The molecule has 0 aliphatic carbocycles. The van der Waals surface area contributed by atoms with Gasteiger partial charge in [0.05, 0.1) is 11.4 Å². The van der Waals surface area contributed by atoms with Crippen LogP contribution in [0.5, 0.6) is 0 Å². The number of carbonyl (C=O) groups is 1. The van der Waals surface area contributed by atoms with E-state index in [0.717, 1.165) is 12.0 Å². The van der Waals surface area contributed by atoms with Gasteiger partial charge in [-0.1, -0.05) is 6.07 Å². The van der Waals surface area contributed by atoms with E-state index >= 15 is 0 Å². The normalized spacial score (nSPS) is 18.1. The van der Waals surface area contributed by atoms with Gasteiger partial charge < -0.3 is 5.32 Å². The number of anilines is 1. The second-order valence-electron chi connectivity index (χ2n) is 6.80. The van der Waals surface area contributed by atoms with Gasteiger partial charge in [-0.2, -0.15) is 0 Å². The van der Waals surface area contributed by atoms with Crippen LogP contribution in [0.2, 0.25) is 0 Å². The van der Waals surface area contributed by atoms with Crippen LogP contribution in [0.25, 0.3) is 0 Å². The summed E-state index contributed by atoms with van der Waals surface area (Å²) >= 11 is 0. The van der Waals surface area contributed by atoms with Crippen molar-refractivity contribution >= 4 is 21.6 Å². The Balaban J connectivity index is 2.37. The third-order valence-electron chi connectivity index (χ3n) is 3.58. The lowest BCUT2D eigenvalue weighted by Gasteiger charge is -2.30. The third-order valence-corrected chi connectivity index (χ3v) is 5.43. The molecular weight excluding hydrogens is 300 g/mol. The van der Waals surface area contributed by atoms with Crippen molar-refractivity contribution in [3.63, 3.8) is 0 Å². The van der Waals surface area contributed by atoms with Gasteiger partial charge in [-0.3, -0.25) is 9.10 Å². The van der Waals surface area contributed by atoms with Crippen molar-refractivity contribution in [1.29, 1.82) is 0 Å². The largest absolute Gasteiger partial charge is 0.347 e. The average Bonchev–Trinajstić information content (AvgIpc) is 2.37. The Kier molecular flexibility index (Phi) is 4.52. The van der Waals surface area contributed by atoms with Gasteiger partial charge in [-0.05, 0) is 58.2 Å². The van der Waals surface area contributed by atoms with Crippen molar-refractivity contribution in [3.8, 4) is 0 Å². The van der Waals surface area contributed by atoms with Crippen LogP contribution < -0.4 is 9.62 Å². The van der Waals surface area contributed by atoms with E-state index in [2.05, 4.69) is 5.32 Å². The number of sulfonamides is 1. The van der Waals surface area contributed by atoms with Crippen LogP contribution in [-0.4, -0.2) is 32.2 Å². The number of nitrogens with one attached hydrogen (secondary N) is 1. The minimum Gasteiger partial charge on any atom is -0.347 e. The fourth-order valence-corrected chi connectivity index (χ4v) is 4.18. The predicted octanol–water partition coefficient (Wildman–Crippen LogP) is 2.45. The molecule has 5 nitrogen and oxygen atoms in total. The number of hydrogen-bond donors (Lipinski definition) is 1. The summed E-state index contributed by atoms with van der Waals surface area (Å²) in [5, 5.41) is 2.90. The van der Waals surface area contributed by atoms with Crippen molar-refractivity contribution in [2.24, 2.45) is 0 Å². The maximum atomic E-state index is 12.3. The molecule has 1 fully saturated rings. The number of hydrogen-bond acceptors (Lipinski definition) is 3. The molecular formula is C16H24N2O3S. The fraction of sp³-hybridized carbons (Fsp3) is 0.562. The van der Waals surface area contributed by atoms with Gasteiger partial charge in [0.15, 0.2) is 0 Å². The minimum absolute atomic E-state index is 0.171. The Hall–Kier alpha value is -1.56. The molecule has 6 heteroatoms. The third kappa shape index (κ3) is 3.80. The van der Waals surface area contributed by atoms with E-state index in [-0.39, 0.29) is 17.2 Å². The summed E-state index contributed by atoms with van der Waals surface area (Å²) in [7, 11) is -3.28. The number of amides is 1. The number of nitrogens with zero attached hydrogens (tertiary/aromatic N) is 1. The molecule has 122 valence electrons. The maximum absolute atomic E-state index is 12.3. The van der Waals surface area contributed by atoms with Crippen molar-refractivity contribution in [3.05, 3.63) is 29.3 Å². The maximum Gasteiger partial charge on any atom is 0.251 e. The highest BCUT2D eigenvalue weighted by Crippen LogP contribution is 2.28. The van der Waals surface area contributed by atoms with Crippen LogP contribution in [-0.2, 0) is 10.0 Å². The zero-order chi connectivity index (χ0) is 16.5. The van der Waals surface area contributed by atoms with Crippen LogP contribution in [0, 0.1) is 6.92 Å². The first kappa shape index (κ1) is 16.8. The SMILES string of the molecule is Cc1ccc(C(=O)NC(C)(C)C)cc1N1CCCCS1(=O)=O. The Bertz CT molecular complexity index is 675. The summed E-state index contributed by atoms with van der Waals surface area (Å²) < 4.78 is 26.0. The van der Waals surface area contributed by atoms with E-state index in [1.807, 2.05) is 27.7 Å². The molecule has 2 rings (SSSR count). The number of benzene rings is 1. The molecule has 1 N–H and O–H groups in total. The highest BCUT2D eigenvalue weighted by atomic mass is 32.2. The molecule has 22 heavy (non-hydrogen) atoms. The molecule has 0 bridgehead atoms. The molecule has 1 aromatic rings. The van der Waals surface area contributed by atoms with Crippen molar-refractivity contribution in [1.82, 2.24) is 5.32 Å². The molecule has 1 heterocycles. The topological polar surface area (TPSA) is 66.5 Å². The lowest BCUT2D eigenvalue weighted by atomic mass is 10.1. The van der Waals surface area contributed by atoms with Gasteiger partial charge in [0.2, 0.25) is 10.0 Å². The Morgan fingerprint density at radius 1 is 1.23 bits per heavy atom. The van der Waals surface area contributed by atoms with E-state index in [4.69, 9.17) is 0 Å². The van der Waals surface area contributed by atoms with Crippen LogP contribution in [0.15, 0.2) is 18.2 Å². The molecule has 0 atom stereocenters. The van der Waals surface area contributed by atoms with Crippen molar-refractivity contribution < 1.29 is 13.2 Å². The predicted molar refractivity (Wildman–Crippen MR) is 88.8 cm³/mol. The number of carbonyl (C=O) groups excluding carboxylic acids is 1. The van der Waals surface area contributed by atoms with E-state index in [1.165, 1.54) is 4.31 Å². The molecule has 0 saturated carbocycles. The molecule has 0 aromatic heterocycles. The van der Waals surface area contributed by atoms with Gasteiger partial charge in [0.1, 0.15) is 0 Å².